The van der Waals surface area contributed by atoms with Crippen molar-refractivity contribution >= 4 is 28.4 Å². The van der Waals surface area contributed by atoms with Crippen LogP contribution in [0.5, 0.6) is 0 Å². The summed E-state index contributed by atoms with van der Waals surface area (Å²) in [6.07, 6.45) is 27.9. The molecule has 136 valence electrons. The molecule has 2 heteroatoms. The summed E-state index contributed by atoms with van der Waals surface area (Å²) in [5, 5.41) is 3.37. The Morgan fingerprint density at radius 2 is 0.609 bits per heavy atom. The molecule has 3 rings (SSSR count). The van der Waals surface area contributed by atoms with Crippen molar-refractivity contribution in [3.8, 4) is 0 Å². The zero-order valence-electron chi connectivity index (χ0n) is 15.2. The molecule has 0 N–H and O–H groups in total. The minimum atomic E-state index is -0.444. The molecule has 0 heterocycles. The van der Waals surface area contributed by atoms with Crippen molar-refractivity contribution in [3.05, 3.63) is 0 Å². The van der Waals surface area contributed by atoms with Crippen LogP contribution in [0, 0.1) is 0 Å². The normalized spacial score (nSPS) is 28.7. The van der Waals surface area contributed by atoms with Gasteiger partial charge in [0.2, 0.25) is 0 Å². The summed E-state index contributed by atoms with van der Waals surface area (Å²) < 4.78 is 0. The molecule has 0 saturated heterocycles. The van der Waals surface area contributed by atoms with Gasteiger partial charge in [-0.3, -0.25) is 0 Å². The van der Waals surface area contributed by atoms with E-state index in [1.807, 2.05) is 0 Å². The maximum Gasteiger partial charge on any atom is -0.00237 e. The van der Waals surface area contributed by atoms with Gasteiger partial charge in [0.25, 0.3) is 0 Å². The van der Waals surface area contributed by atoms with Gasteiger partial charge in [0.15, 0.2) is 0 Å². The Morgan fingerprint density at radius 1 is 0.391 bits per heavy atom. The first-order valence-electron chi connectivity index (χ1n) is 10.8. The predicted molar refractivity (Wildman–Crippen MR) is 116 cm³/mol. The molecule has 0 spiro atoms. The lowest BCUT2D eigenvalue weighted by molar-refractivity contribution is 0.638. The minimum absolute atomic E-state index is 0.444. The van der Waals surface area contributed by atoms with E-state index >= 15 is 0 Å². The summed E-state index contributed by atoms with van der Waals surface area (Å²) in [5.41, 5.74) is 0. The molecule has 0 unspecified atom stereocenters. The summed E-state index contributed by atoms with van der Waals surface area (Å²) in [4.78, 5) is 0. The second kappa shape index (κ2) is 9.69. The molecule has 0 bridgehead atoms. The van der Waals surface area contributed by atoms with Crippen molar-refractivity contribution in [1.29, 1.82) is 0 Å². The lowest BCUT2D eigenvalue weighted by Crippen LogP contribution is -2.32. The van der Waals surface area contributed by atoms with Gasteiger partial charge in [0.1, 0.15) is 0 Å². The molecule has 0 aromatic carbocycles. The molecule has 0 aromatic heterocycles. The first-order chi connectivity index (χ1) is 11.3. The number of halogens is 1. The average Bonchev–Trinajstić information content (AvgIpc) is 3.10. The zero-order valence-corrected chi connectivity index (χ0v) is 18.2. The number of rotatable bonds is 3. The van der Waals surface area contributed by atoms with Crippen molar-refractivity contribution < 1.29 is 0 Å². The summed E-state index contributed by atoms with van der Waals surface area (Å²) >= 11 is 3.17. The standard InChI is InChI=1S/C21H39IS/c22-23(19-13-7-1-2-8-14-19,20-15-9-3-4-10-16-20)21-17-11-5-6-12-18-21/h19-21H,1-18H2. The van der Waals surface area contributed by atoms with Crippen LogP contribution in [-0.2, 0) is 0 Å². The molecule has 0 amide bonds. The van der Waals surface area contributed by atoms with Crippen LogP contribution in [0.25, 0.3) is 0 Å². The first kappa shape index (κ1) is 18.9. The molecule has 0 atom stereocenters. The van der Waals surface area contributed by atoms with Crippen molar-refractivity contribution in [2.24, 2.45) is 0 Å². The summed E-state index contributed by atoms with van der Waals surface area (Å²) in [6, 6.07) is 0. The monoisotopic (exact) mass is 450 g/mol. The Kier molecular flexibility index (Phi) is 7.94. The Morgan fingerprint density at radius 3 is 0.826 bits per heavy atom. The lowest BCUT2D eigenvalue weighted by Gasteiger charge is -2.53. The van der Waals surface area contributed by atoms with Crippen LogP contribution < -0.4 is 0 Å². The zero-order chi connectivity index (χ0) is 16.0. The topological polar surface area (TPSA) is 0 Å². The summed E-state index contributed by atoms with van der Waals surface area (Å²) in [7, 11) is -0.444. The summed E-state index contributed by atoms with van der Waals surface area (Å²) in [6.45, 7) is 0. The van der Waals surface area contributed by atoms with E-state index in [0.29, 0.717) is 0 Å². The van der Waals surface area contributed by atoms with E-state index < -0.39 is 7.20 Å². The van der Waals surface area contributed by atoms with Gasteiger partial charge in [-0.15, -0.1) is 0 Å². The Labute approximate surface area is 159 Å². The average molecular weight is 451 g/mol. The van der Waals surface area contributed by atoms with Gasteiger partial charge >= 0.3 is 0 Å². The van der Waals surface area contributed by atoms with E-state index in [1.165, 1.54) is 38.5 Å². The molecule has 23 heavy (non-hydrogen) atoms. The fourth-order valence-electron chi connectivity index (χ4n) is 5.63. The molecule has 0 aromatic rings. The molecule has 0 nitrogen and oxygen atoms in total. The molecular weight excluding hydrogens is 411 g/mol. The van der Waals surface area contributed by atoms with E-state index in [4.69, 9.17) is 0 Å². The van der Waals surface area contributed by atoms with Crippen molar-refractivity contribution in [2.45, 2.75) is 131 Å². The van der Waals surface area contributed by atoms with Crippen molar-refractivity contribution in [2.75, 3.05) is 0 Å². The van der Waals surface area contributed by atoms with E-state index in [1.54, 1.807) is 77.0 Å². The van der Waals surface area contributed by atoms with E-state index in [2.05, 4.69) is 21.2 Å². The molecule has 0 radical (unpaired) electrons. The molecular formula is C21H39IS. The van der Waals surface area contributed by atoms with Gasteiger partial charge in [-0.25, -0.2) is 0 Å². The van der Waals surface area contributed by atoms with Gasteiger partial charge < -0.3 is 0 Å². The van der Waals surface area contributed by atoms with E-state index in [9.17, 15) is 0 Å². The van der Waals surface area contributed by atoms with Crippen LogP contribution in [-0.4, -0.2) is 15.7 Å². The van der Waals surface area contributed by atoms with Crippen LogP contribution >= 0.6 is 28.4 Å². The highest BCUT2D eigenvalue weighted by Gasteiger charge is 2.43. The second-order valence-electron chi connectivity index (χ2n) is 8.52. The van der Waals surface area contributed by atoms with Crippen molar-refractivity contribution in [1.82, 2.24) is 0 Å². The summed E-state index contributed by atoms with van der Waals surface area (Å²) in [5.74, 6) is 0. The third kappa shape index (κ3) is 4.83. The maximum atomic E-state index is 3.17. The fraction of sp³-hybridized carbons (Fsp3) is 1.00. The largest absolute Gasteiger partial charge is 0.179 e. The van der Waals surface area contributed by atoms with Gasteiger partial charge in [-0.05, 0) is 75.5 Å². The molecule has 3 aliphatic rings. The Hall–Kier alpha value is 1.08. The highest BCUT2D eigenvalue weighted by Crippen LogP contribution is 2.73. The Bertz CT molecular complexity index is 268. The van der Waals surface area contributed by atoms with E-state index in [0.717, 1.165) is 15.7 Å². The van der Waals surface area contributed by atoms with Crippen molar-refractivity contribution in [3.63, 3.8) is 0 Å². The van der Waals surface area contributed by atoms with Gasteiger partial charge in [0, 0.05) is 0 Å². The van der Waals surface area contributed by atoms with Crippen LogP contribution in [0.1, 0.15) is 116 Å². The SMILES string of the molecule is IS(C1CCCCCC1)(C1CCCCCC1)C1CCCCCC1. The maximum absolute atomic E-state index is 3.17. The highest BCUT2D eigenvalue weighted by atomic mass is 127. The number of hydrogen-bond donors (Lipinski definition) is 0. The van der Waals surface area contributed by atoms with Gasteiger partial charge in [-0.1, -0.05) is 77.0 Å². The molecule has 3 saturated carbocycles. The first-order valence-corrected chi connectivity index (χ1v) is 15.2. The molecule has 3 fully saturated rings. The van der Waals surface area contributed by atoms with Crippen LogP contribution in [0.15, 0.2) is 0 Å². The predicted octanol–water partition coefficient (Wildman–Crippen LogP) is 8.31. The quantitative estimate of drug-likeness (QED) is 0.300. The molecule has 0 aliphatic heterocycles. The van der Waals surface area contributed by atoms with Crippen LogP contribution in [0.4, 0.5) is 0 Å². The fourth-order valence-corrected chi connectivity index (χ4v) is 15.0. The highest BCUT2D eigenvalue weighted by molar-refractivity contribution is 14.2. The number of hydrogen-bond acceptors (Lipinski definition) is 0. The minimum Gasteiger partial charge on any atom is -0.179 e. The van der Waals surface area contributed by atoms with Crippen LogP contribution in [0.2, 0.25) is 0 Å². The van der Waals surface area contributed by atoms with Crippen LogP contribution in [0.3, 0.4) is 0 Å². The van der Waals surface area contributed by atoms with Gasteiger partial charge in [-0.2, -0.15) is 7.20 Å². The third-order valence-corrected chi connectivity index (χ3v) is 17.9. The third-order valence-electron chi connectivity index (χ3n) is 6.94. The smallest absolute Gasteiger partial charge is 0.00237 e. The lowest BCUT2D eigenvalue weighted by atomic mass is 10.2. The van der Waals surface area contributed by atoms with E-state index in [-0.39, 0.29) is 0 Å². The van der Waals surface area contributed by atoms with Gasteiger partial charge in [0.05, 0.1) is 0 Å². The molecule has 3 aliphatic carbocycles. The second-order valence-corrected chi connectivity index (χ2v) is 16.4. The Balaban J connectivity index is 1.82.